The van der Waals surface area contributed by atoms with Crippen molar-refractivity contribution in [2.75, 3.05) is 0 Å². The van der Waals surface area contributed by atoms with Crippen molar-refractivity contribution < 1.29 is 9.90 Å². The summed E-state index contributed by atoms with van der Waals surface area (Å²) in [5, 5.41) is 9.33. The Morgan fingerprint density at radius 3 is 2.50 bits per heavy atom. The van der Waals surface area contributed by atoms with Crippen LogP contribution < -0.4 is 0 Å². The Morgan fingerprint density at radius 1 is 1.43 bits per heavy atom. The highest BCUT2D eigenvalue weighted by Crippen LogP contribution is 2.43. The molecular weight excluding hydrogens is 196 g/mol. The molecule has 0 unspecified atom stereocenters. The lowest BCUT2D eigenvalue weighted by Crippen LogP contribution is -2.31. The van der Waals surface area contributed by atoms with E-state index in [1.54, 1.807) is 11.3 Å². The van der Waals surface area contributed by atoms with Gasteiger partial charge in [0.05, 0.1) is 0 Å². The topological polar surface area (TPSA) is 37.3 Å². The normalized spacial score (nSPS) is 19.8. The zero-order chi connectivity index (χ0) is 10.2. The summed E-state index contributed by atoms with van der Waals surface area (Å²) in [6.45, 7) is 2.03. The second-order valence-electron chi connectivity index (χ2n) is 4.00. The highest BCUT2D eigenvalue weighted by atomic mass is 32.1. The van der Waals surface area contributed by atoms with Gasteiger partial charge in [0, 0.05) is 9.75 Å². The molecule has 1 saturated carbocycles. The third kappa shape index (κ3) is 1.36. The summed E-state index contributed by atoms with van der Waals surface area (Å²) in [5.41, 5.74) is -0.557. The smallest absolute Gasteiger partial charge is 0.314 e. The van der Waals surface area contributed by atoms with Gasteiger partial charge in [-0.3, -0.25) is 4.79 Å². The standard InChI is InChI=1S/C11H14O2S/c1-8-4-5-9(14-8)11(10(12)13)6-2-3-7-11/h4-5H,2-3,6-7H2,1H3,(H,12,13). The monoisotopic (exact) mass is 210 g/mol. The molecule has 1 aromatic rings. The molecule has 0 atom stereocenters. The van der Waals surface area contributed by atoms with Crippen LogP contribution in [-0.2, 0) is 10.2 Å². The van der Waals surface area contributed by atoms with Gasteiger partial charge in [0.25, 0.3) is 0 Å². The van der Waals surface area contributed by atoms with E-state index in [0.717, 1.165) is 30.6 Å². The zero-order valence-electron chi connectivity index (χ0n) is 8.25. The molecule has 76 valence electrons. The van der Waals surface area contributed by atoms with Gasteiger partial charge in [0.1, 0.15) is 5.41 Å². The van der Waals surface area contributed by atoms with E-state index < -0.39 is 11.4 Å². The number of thiophene rings is 1. The predicted octanol–water partition coefficient (Wildman–Crippen LogP) is 2.95. The lowest BCUT2D eigenvalue weighted by atomic mass is 9.85. The van der Waals surface area contributed by atoms with Crippen molar-refractivity contribution in [3.63, 3.8) is 0 Å². The minimum atomic E-state index is -0.642. The van der Waals surface area contributed by atoms with Crippen molar-refractivity contribution in [2.24, 2.45) is 0 Å². The third-order valence-corrected chi connectivity index (χ3v) is 4.28. The van der Waals surface area contributed by atoms with Crippen molar-refractivity contribution in [1.82, 2.24) is 0 Å². The summed E-state index contributed by atoms with van der Waals surface area (Å²) >= 11 is 1.63. The van der Waals surface area contributed by atoms with Crippen molar-refractivity contribution in [1.29, 1.82) is 0 Å². The van der Waals surface area contributed by atoms with Crippen LogP contribution in [0.2, 0.25) is 0 Å². The Hall–Kier alpha value is -0.830. The van der Waals surface area contributed by atoms with E-state index in [4.69, 9.17) is 0 Å². The first-order valence-electron chi connectivity index (χ1n) is 4.95. The van der Waals surface area contributed by atoms with Gasteiger partial charge in [-0.05, 0) is 31.9 Å². The molecule has 0 radical (unpaired) electrons. The second kappa shape index (κ2) is 3.39. The van der Waals surface area contributed by atoms with Gasteiger partial charge in [-0.15, -0.1) is 11.3 Å². The first-order chi connectivity index (χ1) is 6.65. The van der Waals surface area contributed by atoms with E-state index in [1.807, 2.05) is 19.1 Å². The molecule has 1 N–H and O–H groups in total. The minimum absolute atomic E-state index is 0.557. The molecular formula is C11H14O2S. The fourth-order valence-electron chi connectivity index (χ4n) is 2.24. The summed E-state index contributed by atoms with van der Waals surface area (Å²) in [5.74, 6) is -0.642. The van der Waals surface area contributed by atoms with Crippen LogP contribution in [0.3, 0.4) is 0 Å². The number of carbonyl (C=O) groups is 1. The van der Waals surface area contributed by atoms with Crippen LogP contribution in [0.5, 0.6) is 0 Å². The molecule has 0 aromatic carbocycles. The van der Waals surface area contributed by atoms with Crippen LogP contribution >= 0.6 is 11.3 Å². The van der Waals surface area contributed by atoms with Crippen LogP contribution in [0.4, 0.5) is 0 Å². The number of carboxylic acids is 1. The number of rotatable bonds is 2. The molecule has 0 aliphatic heterocycles. The number of aryl methyl sites for hydroxylation is 1. The van der Waals surface area contributed by atoms with Gasteiger partial charge in [0.2, 0.25) is 0 Å². The molecule has 2 rings (SSSR count). The maximum atomic E-state index is 11.3. The number of carboxylic acid groups (broad SMARTS) is 1. The van der Waals surface area contributed by atoms with E-state index in [1.165, 1.54) is 4.88 Å². The molecule has 1 fully saturated rings. The third-order valence-electron chi connectivity index (χ3n) is 3.08. The predicted molar refractivity (Wildman–Crippen MR) is 56.8 cm³/mol. The fraction of sp³-hybridized carbons (Fsp3) is 0.545. The summed E-state index contributed by atoms with van der Waals surface area (Å²) < 4.78 is 0. The largest absolute Gasteiger partial charge is 0.481 e. The zero-order valence-corrected chi connectivity index (χ0v) is 9.06. The van der Waals surface area contributed by atoms with Crippen molar-refractivity contribution in [3.8, 4) is 0 Å². The van der Waals surface area contributed by atoms with Gasteiger partial charge in [0.15, 0.2) is 0 Å². The van der Waals surface area contributed by atoms with Crippen molar-refractivity contribution in [2.45, 2.75) is 38.0 Å². The van der Waals surface area contributed by atoms with Crippen LogP contribution in [0, 0.1) is 6.92 Å². The summed E-state index contributed by atoms with van der Waals surface area (Å²) in [7, 11) is 0. The van der Waals surface area contributed by atoms with Crippen LogP contribution in [0.1, 0.15) is 35.4 Å². The Morgan fingerprint density at radius 2 is 2.07 bits per heavy atom. The summed E-state index contributed by atoms with van der Waals surface area (Å²) in [6.07, 6.45) is 3.71. The molecule has 1 heterocycles. The van der Waals surface area contributed by atoms with Crippen LogP contribution in [0.15, 0.2) is 12.1 Å². The van der Waals surface area contributed by atoms with E-state index >= 15 is 0 Å². The van der Waals surface area contributed by atoms with Gasteiger partial charge in [-0.25, -0.2) is 0 Å². The molecule has 3 heteroatoms. The summed E-state index contributed by atoms with van der Waals surface area (Å²) in [6, 6.07) is 4.00. The van der Waals surface area contributed by atoms with Gasteiger partial charge >= 0.3 is 5.97 Å². The van der Waals surface area contributed by atoms with Crippen LogP contribution in [0.25, 0.3) is 0 Å². The maximum Gasteiger partial charge on any atom is 0.314 e. The molecule has 0 spiro atoms. The molecule has 14 heavy (non-hydrogen) atoms. The van der Waals surface area contributed by atoms with E-state index in [2.05, 4.69) is 0 Å². The van der Waals surface area contributed by atoms with E-state index in [9.17, 15) is 9.90 Å². The first kappa shape index (κ1) is 9.71. The average Bonchev–Trinajstić information content (AvgIpc) is 2.71. The first-order valence-corrected chi connectivity index (χ1v) is 5.77. The number of hydrogen-bond donors (Lipinski definition) is 1. The maximum absolute atomic E-state index is 11.3. The van der Waals surface area contributed by atoms with Gasteiger partial charge in [-0.1, -0.05) is 12.8 Å². The number of hydrogen-bond acceptors (Lipinski definition) is 2. The number of aliphatic carboxylic acids is 1. The second-order valence-corrected chi connectivity index (χ2v) is 5.29. The summed E-state index contributed by atoms with van der Waals surface area (Å²) in [4.78, 5) is 13.6. The Labute approximate surface area is 87.6 Å². The highest BCUT2D eigenvalue weighted by molar-refractivity contribution is 7.12. The molecule has 1 aliphatic carbocycles. The van der Waals surface area contributed by atoms with Crippen LogP contribution in [-0.4, -0.2) is 11.1 Å². The SMILES string of the molecule is Cc1ccc(C2(C(=O)O)CCCC2)s1. The minimum Gasteiger partial charge on any atom is -0.481 e. The molecule has 2 nitrogen and oxygen atoms in total. The average molecular weight is 210 g/mol. The fourth-order valence-corrected chi connectivity index (χ4v) is 3.34. The molecule has 0 amide bonds. The Bertz CT molecular complexity index is 348. The van der Waals surface area contributed by atoms with Gasteiger partial charge < -0.3 is 5.11 Å². The Kier molecular flexibility index (Phi) is 2.35. The van der Waals surface area contributed by atoms with E-state index in [-0.39, 0.29) is 0 Å². The van der Waals surface area contributed by atoms with Gasteiger partial charge in [-0.2, -0.15) is 0 Å². The lowest BCUT2D eigenvalue weighted by Gasteiger charge is -2.21. The van der Waals surface area contributed by atoms with Crippen molar-refractivity contribution >= 4 is 17.3 Å². The van der Waals surface area contributed by atoms with Crippen molar-refractivity contribution in [3.05, 3.63) is 21.9 Å². The molecule has 1 aliphatic rings. The molecule has 1 aromatic heterocycles. The van der Waals surface area contributed by atoms with E-state index in [0.29, 0.717) is 0 Å². The molecule has 0 bridgehead atoms. The molecule has 0 saturated heterocycles. The quantitative estimate of drug-likeness (QED) is 0.814. The highest BCUT2D eigenvalue weighted by Gasteiger charge is 2.43. The Balaban J connectivity index is 2.41. The lowest BCUT2D eigenvalue weighted by molar-refractivity contribution is -0.143.